The summed E-state index contributed by atoms with van der Waals surface area (Å²) in [5.74, 6) is 0.133. The first-order valence-electron chi connectivity index (χ1n) is 8.52. The molecule has 6 nitrogen and oxygen atoms in total. The molecule has 0 aliphatic carbocycles. The number of carbonyl (C=O) groups excluding carboxylic acids is 1. The number of amides is 1. The summed E-state index contributed by atoms with van der Waals surface area (Å²) in [6.45, 7) is 2.02. The highest BCUT2D eigenvalue weighted by Gasteiger charge is 2.31. The molecule has 0 spiro atoms. The molecule has 11 heteroatoms. The maximum absolute atomic E-state index is 12.8. The number of nitrogens with one attached hydrogen (secondary N) is 1. The Bertz CT molecular complexity index is 1030. The first-order valence-corrected chi connectivity index (χ1v) is 9.88. The van der Waals surface area contributed by atoms with Crippen molar-refractivity contribution in [3.8, 4) is 5.75 Å². The van der Waals surface area contributed by atoms with Gasteiger partial charge in [0.2, 0.25) is 5.91 Å². The monoisotopic (exact) mass is 457 g/mol. The minimum Gasteiger partial charge on any atom is -0.484 e. The first-order chi connectivity index (χ1) is 14.2. The lowest BCUT2D eigenvalue weighted by molar-refractivity contribution is -0.137. The number of carbonyl (C=O) groups is 1. The molecule has 0 unspecified atom stereocenters. The van der Waals surface area contributed by atoms with Crippen LogP contribution in [0.4, 0.5) is 18.9 Å². The van der Waals surface area contributed by atoms with Crippen LogP contribution in [0.25, 0.3) is 0 Å². The number of hydrogen-bond donors (Lipinski definition) is 1. The number of thioether (sulfide) groups is 1. The molecule has 3 aromatic rings. The Morgan fingerprint density at radius 1 is 1.20 bits per heavy atom. The fourth-order valence-electron chi connectivity index (χ4n) is 2.25. The lowest BCUT2D eigenvalue weighted by atomic mass is 10.2. The van der Waals surface area contributed by atoms with Crippen LogP contribution in [0.15, 0.2) is 52.1 Å². The number of rotatable bonds is 7. The molecule has 1 aromatic heterocycles. The molecule has 1 N–H and O–H groups in total. The summed E-state index contributed by atoms with van der Waals surface area (Å²) in [6, 6.07) is 10.1. The highest BCUT2D eigenvalue weighted by Crippen LogP contribution is 2.34. The van der Waals surface area contributed by atoms with Gasteiger partial charge >= 0.3 is 6.18 Å². The smallest absolute Gasteiger partial charge is 0.416 e. The van der Waals surface area contributed by atoms with E-state index in [1.165, 1.54) is 0 Å². The van der Waals surface area contributed by atoms with Gasteiger partial charge in [0.1, 0.15) is 5.75 Å². The van der Waals surface area contributed by atoms with E-state index in [-0.39, 0.29) is 34.2 Å². The van der Waals surface area contributed by atoms with Crippen molar-refractivity contribution in [1.82, 2.24) is 10.2 Å². The number of ether oxygens (including phenoxy) is 1. The van der Waals surface area contributed by atoms with Crippen molar-refractivity contribution in [2.24, 2.45) is 0 Å². The van der Waals surface area contributed by atoms with Crippen LogP contribution in [0.5, 0.6) is 5.75 Å². The van der Waals surface area contributed by atoms with Crippen molar-refractivity contribution in [1.29, 1.82) is 0 Å². The van der Waals surface area contributed by atoms with Crippen molar-refractivity contribution in [3.05, 3.63) is 64.5 Å². The van der Waals surface area contributed by atoms with Gasteiger partial charge in [-0.2, -0.15) is 13.2 Å². The maximum atomic E-state index is 12.8. The Labute approximate surface area is 178 Å². The molecule has 0 fully saturated rings. The molecular formula is C19H15ClF3N3O3S. The maximum Gasteiger partial charge on any atom is 0.416 e. The van der Waals surface area contributed by atoms with Crippen LogP contribution < -0.4 is 10.1 Å². The molecule has 3 rings (SSSR count). The zero-order valence-corrected chi connectivity index (χ0v) is 17.1. The molecule has 1 heterocycles. The van der Waals surface area contributed by atoms with Crippen molar-refractivity contribution >= 4 is 35.0 Å². The third kappa shape index (κ3) is 6.14. The van der Waals surface area contributed by atoms with Crippen molar-refractivity contribution in [2.45, 2.75) is 24.9 Å². The number of aryl methyl sites for hydroxylation is 1. The lowest BCUT2D eigenvalue weighted by Gasteiger charge is -2.11. The standard InChI is InChI=1S/C19H15ClF3N3O3S/c1-11-2-5-13(6-3-11)28-9-17-25-26-18(29-17)30-10-16(27)24-15-8-12(19(21,22)23)4-7-14(15)20/h2-8H,9-10H2,1H3,(H,24,27). The van der Waals surface area contributed by atoms with Gasteiger partial charge in [-0.05, 0) is 37.3 Å². The highest BCUT2D eigenvalue weighted by atomic mass is 35.5. The average Bonchev–Trinajstić information content (AvgIpc) is 3.15. The van der Waals surface area contributed by atoms with Crippen LogP contribution in [0.3, 0.4) is 0 Å². The molecule has 2 aromatic carbocycles. The number of nitrogens with zero attached hydrogens (tertiary/aromatic N) is 2. The number of hydrogen-bond acceptors (Lipinski definition) is 6. The van der Waals surface area contributed by atoms with Crippen LogP contribution in [0.1, 0.15) is 17.0 Å². The van der Waals surface area contributed by atoms with Gasteiger partial charge in [0.25, 0.3) is 11.1 Å². The summed E-state index contributed by atoms with van der Waals surface area (Å²) < 4.78 is 49.3. The van der Waals surface area contributed by atoms with Gasteiger partial charge < -0.3 is 14.5 Å². The number of benzene rings is 2. The van der Waals surface area contributed by atoms with Crippen LogP contribution in [0.2, 0.25) is 5.02 Å². The molecule has 0 aliphatic heterocycles. The summed E-state index contributed by atoms with van der Waals surface area (Å²) in [4.78, 5) is 12.1. The summed E-state index contributed by atoms with van der Waals surface area (Å²) in [5, 5.41) is 10.1. The molecule has 0 aliphatic rings. The summed E-state index contributed by atoms with van der Waals surface area (Å²) in [7, 11) is 0. The van der Waals surface area contributed by atoms with Gasteiger partial charge in [0.15, 0.2) is 6.61 Å². The molecule has 0 saturated carbocycles. The Kier molecular flexibility index (Phi) is 6.88. The fraction of sp³-hybridized carbons (Fsp3) is 0.211. The fourth-order valence-corrected chi connectivity index (χ4v) is 2.99. The van der Waals surface area contributed by atoms with E-state index in [0.29, 0.717) is 5.75 Å². The number of alkyl halides is 3. The molecular weight excluding hydrogens is 443 g/mol. The van der Waals surface area contributed by atoms with Gasteiger partial charge in [-0.1, -0.05) is 41.1 Å². The molecule has 0 saturated heterocycles. The SMILES string of the molecule is Cc1ccc(OCc2nnc(SCC(=O)Nc3cc(C(F)(F)F)ccc3Cl)o2)cc1. The second kappa shape index (κ2) is 9.40. The van der Waals surface area contributed by atoms with Crippen molar-refractivity contribution in [3.63, 3.8) is 0 Å². The molecule has 158 valence electrons. The quantitative estimate of drug-likeness (QED) is 0.481. The molecule has 0 bridgehead atoms. The Morgan fingerprint density at radius 3 is 2.63 bits per heavy atom. The van der Waals surface area contributed by atoms with Gasteiger partial charge in [-0.15, -0.1) is 10.2 Å². The third-order valence-corrected chi connectivity index (χ3v) is 4.87. The minimum atomic E-state index is -4.54. The number of halogens is 4. The van der Waals surface area contributed by atoms with E-state index in [2.05, 4.69) is 15.5 Å². The van der Waals surface area contributed by atoms with Crippen LogP contribution in [-0.4, -0.2) is 21.9 Å². The van der Waals surface area contributed by atoms with Crippen LogP contribution in [0, 0.1) is 6.92 Å². The first kappa shape index (κ1) is 22.0. The summed E-state index contributed by atoms with van der Waals surface area (Å²) in [6.07, 6.45) is -4.54. The van der Waals surface area contributed by atoms with E-state index in [9.17, 15) is 18.0 Å². The Morgan fingerprint density at radius 2 is 1.93 bits per heavy atom. The second-order valence-electron chi connectivity index (χ2n) is 6.09. The summed E-state index contributed by atoms with van der Waals surface area (Å²) >= 11 is 6.80. The normalized spacial score (nSPS) is 11.4. The molecule has 0 radical (unpaired) electrons. The zero-order valence-electron chi connectivity index (χ0n) is 15.5. The second-order valence-corrected chi connectivity index (χ2v) is 7.43. The predicted octanol–water partition coefficient (Wildman–Crippen LogP) is 5.36. The predicted molar refractivity (Wildman–Crippen MR) is 106 cm³/mol. The Balaban J connectivity index is 1.51. The van der Waals surface area contributed by atoms with Crippen molar-refractivity contribution < 1.29 is 27.1 Å². The molecule has 0 atom stereocenters. The summed E-state index contributed by atoms with van der Waals surface area (Å²) in [5.41, 5.74) is 0.0586. The zero-order chi connectivity index (χ0) is 21.7. The van der Waals surface area contributed by atoms with E-state index in [1.54, 1.807) is 0 Å². The van der Waals surface area contributed by atoms with E-state index in [1.807, 2.05) is 31.2 Å². The van der Waals surface area contributed by atoms with Gasteiger partial charge in [0.05, 0.1) is 22.0 Å². The van der Waals surface area contributed by atoms with Gasteiger partial charge in [-0.25, -0.2) is 0 Å². The topological polar surface area (TPSA) is 77.2 Å². The van der Waals surface area contributed by atoms with Gasteiger partial charge in [0, 0.05) is 0 Å². The van der Waals surface area contributed by atoms with E-state index in [4.69, 9.17) is 20.8 Å². The highest BCUT2D eigenvalue weighted by molar-refractivity contribution is 7.99. The average molecular weight is 458 g/mol. The van der Waals surface area contributed by atoms with E-state index >= 15 is 0 Å². The number of aromatic nitrogens is 2. The largest absolute Gasteiger partial charge is 0.484 e. The van der Waals surface area contributed by atoms with Crippen molar-refractivity contribution in [2.75, 3.05) is 11.1 Å². The lowest BCUT2D eigenvalue weighted by Crippen LogP contribution is -2.15. The minimum absolute atomic E-state index is 0.00492. The number of anilines is 1. The van der Waals surface area contributed by atoms with E-state index < -0.39 is 17.6 Å². The van der Waals surface area contributed by atoms with Crippen LogP contribution in [-0.2, 0) is 17.6 Å². The third-order valence-electron chi connectivity index (χ3n) is 3.73. The Hall–Kier alpha value is -2.72. The van der Waals surface area contributed by atoms with Gasteiger partial charge in [-0.3, -0.25) is 4.79 Å². The van der Waals surface area contributed by atoms with Crippen LogP contribution >= 0.6 is 23.4 Å². The van der Waals surface area contributed by atoms with E-state index in [0.717, 1.165) is 35.5 Å². The molecule has 30 heavy (non-hydrogen) atoms. The molecule has 1 amide bonds.